The van der Waals surface area contributed by atoms with Crippen LogP contribution in [0.1, 0.15) is 48.3 Å². The van der Waals surface area contributed by atoms with E-state index in [9.17, 15) is 14.7 Å². The summed E-state index contributed by atoms with van der Waals surface area (Å²) >= 11 is 0. The van der Waals surface area contributed by atoms with Crippen molar-refractivity contribution in [1.82, 2.24) is 9.13 Å². The number of aromatic nitrogens is 2. The number of unbranched alkanes of at least 4 members (excludes halogenated alkanes) is 1. The van der Waals surface area contributed by atoms with Crippen molar-refractivity contribution < 1.29 is 9.90 Å². The third-order valence-electron chi connectivity index (χ3n) is 5.21. The molecule has 0 aliphatic heterocycles. The molecule has 30 heavy (non-hydrogen) atoms. The molecule has 1 aromatic heterocycles. The molecule has 0 unspecified atom stereocenters. The molecule has 0 fully saturated rings. The summed E-state index contributed by atoms with van der Waals surface area (Å²) in [4.78, 5) is 24.4. The highest BCUT2D eigenvalue weighted by Crippen LogP contribution is 2.24. The Kier molecular flexibility index (Phi) is 7.07. The smallest absolute Gasteiger partial charge is 0.336 e. The van der Waals surface area contributed by atoms with E-state index in [1.165, 1.54) is 0 Å². The number of carboxylic acids is 1. The molecule has 5 nitrogen and oxygen atoms in total. The Morgan fingerprint density at radius 3 is 2.50 bits per heavy atom. The second kappa shape index (κ2) is 9.92. The summed E-state index contributed by atoms with van der Waals surface area (Å²) in [6, 6.07) is 14.7. The average Bonchev–Trinajstić information content (AvgIpc) is 3.05. The van der Waals surface area contributed by atoms with Gasteiger partial charge in [-0.15, -0.1) is 0 Å². The van der Waals surface area contributed by atoms with Gasteiger partial charge in [0.1, 0.15) is 0 Å². The van der Waals surface area contributed by atoms with Crippen molar-refractivity contribution in [3.63, 3.8) is 0 Å². The van der Waals surface area contributed by atoms with E-state index < -0.39 is 5.97 Å². The highest BCUT2D eigenvalue weighted by molar-refractivity contribution is 5.95. The van der Waals surface area contributed by atoms with Gasteiger partial charge in [-0.05, 0) is 36.1 Å². The number of carbonyl (C=O) groups is 1. The van der Waals surface area contributed by atoms with Crippen LogP contribution in [0.25, 0.3) is 11.1 Å². The van der Waals surface area contributed by atoms with Crippen molar-refractivity contribution in [3.05, 3.63) is 94.2 Å². The first-order valence-electron chi connectivity index (χ1n) is 10.4. The van der Waals surface area contributed by atoms with Crippen LogP contribution in [-0.4, -0.2) is 20.2 Å². The minimum atomic E-state index is -0.941. The summed E-state index contributed by atoms with van der Waals surface area (Å²) in [5.41, 5.74) is 3.83. The predicted molar refractivity (Wildman–Crippen MR) is 120 cm³/mol. The van der Waals surface area contributed by atoms with E-state index in [4.69, 9.17) is 0 Å². The molecular weight excluding hydrogens is 376 g/mol. The first-order valence-corrected chi connectivity index (χ1v) is 10.4. The molecule has 0 aliphatic rings. The predicted octanol–water partition coefficient (Wildman–Crippen LogP) is 4.98. The number of carboxylic acid groups (broad SMARTS) is 1. The van der Waals surface area contributed by atoms with E-state index in [0.29, 0.717) is 12.1 Å². The molecular formula is C25H28N2O3. The molecule has 0 aliphatic carbocycles. The first-order chi connectivity index (χ1) is 14.5. The molecule has 0 bridgehead atoms. The lowest BCUT2D eigenvalue weighted by molar-refractivity contribution is 0.0697. The van der Waals surface area contributed by atoms with Crippen LogP contribution in [0.2, 0.25) is 0 Å². The van der Waals surface area contributed by atoms with Crippen molar-refractivity contribution in [2.24, 2.45) is 0 Å². The lowest BCUT2D eigenvalue weighted by atomic mass is 9.99. The number of aromatic carboxylic acids is 1. The number of rotatable bonds is 9. The maximum absolute atomic E-state index is 12.9. The van der Waals surface area contributed by atoms with Gasteiger partial charge < -0.3 is 5.11 Å². The van der Waals surface area contributed by atoms with E-state index in [1.807, 2.05) is 60.2 Å². The Balaban J connectivity index is 1.89. The van der Waals surface area contributed by atoms with Crippen LogP contribution in [-0.2, 0) is 19.5 Å². The van der Waals surface area contributed by atoms with Crippen LogP contribution in [0.4, 0.5) is 0 Å². The number of hydrogen-bond acceptors (Lipinski definition) is 2. The Morgan fingerprint density at radius 1 is 1.10 bits per heavy atom. The Labute approximate surface area is 176 Å². The van der Waals surface area contributed by atoms with Gasteiger partial charge in [-0.2, -0.15) is 0 Å². The molecule has 2 aromatic carbocycles. The van der Waals surface area contributed by atoms with Crippen molar-refractivity contribution in [3.8, 4) is 11.1 Å². The summed E-state index contributed by atoms with van der Waals surface area (Å²) in [5.74, 6) is -0.941. The maximum atomic E-state index is 12.9. The highest BCUT2D eigenvalue weighted by Gasteiger charge is 2.13. The number of benzene rings is 2. The van der Waals surface area contributed by atoms with Gasteiger partial charge in [0.25, 0.3) is 0 Å². The third-order valence-corrected chi connectivity index (χ3v) is 5.21. The van der Waals surface area contributed by atoms with E-state index in [1.54, 1.807) is 16.7 Å². The summed E-state index contributed by atoms with van der Waals surface area (Å²) in [7, 11) is 0. The van der Waals surface area contributed by atoms with E-state index in [0.717, 1.165) is 42.6 Å². The number of imidazole rings is 1. The summed E-state index contributed by atoms with van der Waals surface area (Å²) in [6.07, 6.45) is 8.75. The fourth-order valence-electron chi connectivity index (χ4n) is 3.54. The topological polar surface area (TPSA) is 64.2 Å². The summed E-state index contributed by atoms with van der Waals surface area (Å²) in [5, 5.41) is 9.43. The minimum absolute atomic E-state index is 0.0169. The maximum Gasteiger partial charge on any atom is 0.336 e. The highest BCUT2D eigenvalue weighted by atomic mass is 16.4. The number of allylic oxidation sites excluding steroid dienone is 2. The zero-order valence-corrected chi connectivity index (χ0v) is 17.5. The quantitative estimate of drug-likeness (QED) is 0.512. The molecule has 3 rings (SSSR count). The largest absolute Gasteiger partial charge is 0.478 e. The molecule has 1 heterocycles. The molecule has 0 saturated heterocycles. The summed E-state index contributed by atoms with van der Waals surface area (Å²) < 4.78 is 3.63. The van der Waals surface area contributed by atoms with Crippen LogP contribution in [0, 0.1) is 0 Å². The minimum Gasteiger partial charge on any atom is -0.478 e. The van der Waals surface area contributed by atoms with Crippen LogP contribution in [0.15, 0.2) is 71.7 Å². The van der Waals surface area contributed by atoms with Crippen molar-refractivity contribution in [2.75, 3.05) is 0 Å². The standard InChI is InChI=1S/C25H28N2O3/c1-3-5-9-21-18-26(16-6-4-2)25(30)27(21)17-19-12-14-20(15-13-19)22-10-7-8-11-23(22)24(28)29/h3,5,7-8,10-15,18H,4,6,9,16-17H2,1-2H3,(H,28,29)/b5-3+. The number of nitrogens with zero attached hydrogens (tertiary/aromatic N) is 2. The fourth-order valence-corrected chi connectivity index (χ4v) is 3.54. The van der Waals surface area contributed by atoms with Crippen LogP contribution in [0.3, 0.4) is 0 Å². The lowest BCUT2D eigenvalue weighted by Crippen LogP contribution is -2.25. The SMILES string of the molecule is C/C=C/Cc1cn(CCCC)c(=O)n1Cc1ccc(-c2ccccc2C(=O)O)cc1. The second-order valence-corrected chi connectivity index (χ2v) is 7.36. The molecule has 0 saturated carbocycles. The van der Waals surface area contributed by atoms with Gasteiger partial charge in [0, 0.05) is 24.9 Å². The van der Waals surface area contributed by atoms with Gasteiger partial charge in [0.05, 0.1) is 12.1 Å². The Hall–Kier alpha value is -3.34. The molecule has 0 spiro atoms. The molecule has 0 atom stereocenters. The molecule has 0 radical (unpaired) electrons. The van der Waals surface area contributed by atoms with Crippen molar-refractivity contribution in [2.45, 2.75) is 46.2 Å². The second-order valence-electron chi connectivity index (χ2n) is 7.36. The van der Waals surface area contributed by atoms with Gasteiger partial charge >= 0.3 is 11.7 Å². The molecule has 3 aromatic rings. The van der Waals surface area contributed by atoms with Crippen LogP contribution >= 0.6 is 0 Å². The van der Waals surface area contributed by atoms with Crippen molar-refractivity contribution >= 4 is 5.97 Å². The van der Waals surface area contributed by atoms with E-state index >= 15 is 0 Å². The first kappa shape index (κ1) is 21.4. The zero-order chi connectivity index (χ0) is 21.5. The van der Waals surface area contributed by atoms with Gasteiger partial charge in [0.15, 0.2) is 0 Å². The van der Waals surface area contributed by atoms with Crippen molar-refractivity contribution in [1.29, 1.82) is 0 Å². The monoisotopic (exact) mass is 404 g/mol. The van der Waals surface area contributed by atoms with Gasteiger partial charge in [-0.3, -0.25) is 9.13 Å². The van der Waals surface area contributed by atoms with E-state index in [2.05, 4.69) is 13.0 Å². The van der Waals surface area contributed by atoms with Gasteiger partial charge in [0.2, 0.25) is 0 Å². The van der Waals surface area contributed by atoms with Crippen LogP contribution in [0.5, 0.6) is 0 Å². The molecule has 1 N–H and O–H groups in total. The molecule has 0 amide bonds. The number of aryl methyl sites for hydroxylation is 1. The van der Waals surface area contributed by atoms with E-state index in [-0.39, 0.29) is 11.3 Å². The number of hydrogen-bond donors (Lipinski definition) is 1. The molecule has 156 valence electrons. The normalized spacial score (nSPS) is 11.3. The Morgan fingerprint density at radius 2 is 1.83 bits per heavy atom. The average molecular weight is 405 g/mol. The molecule has 5 heteroatoms. The zero-order valence-electron chi connectivity index (χ0n) is 17.5. The van der Waals surface area contributed by atoms with Crippen LogP contribution < -0.4 is 5.69 Å². The third kappa shape index (κ3) is 4.79. The lowest BCUT2D eigenvalue weighted by Gasteiger charge is -2.09. The Bertz CT molecular complexity index is 1090. The van der Waals surface area contributed by atoms with Gasteiger partial charge in [-0.25, -0.2) is 9.59 Å². The van der Waals surface area contributed by atoms with Gasteiger partial charge in [-0.1, -0.05) is 68.0 Å². The fraction of sp³-hybridized carbons (Fsp3) is 0.280. The summed E-state index contributed by atoms with van der Waals surface area (Å²) in [6.45, 7) is 5.32.